The zero-order valence-corrected chi connectivity index (χ0v) is 45.3. The van der Waals surface area contributed by atoms with Gasteiger partial charge in [0, 0.05) is 38.8 Å². The van der Waals surface area contributed by atoms with Crippen molar-refractivity contribution >= 4 is 47.6 Å². The number of alkyl carbamates (subject to hydrolysis) is 2. The second-order valence-electron chi connectivity index (χ2n) is 18.8. The van der Waals surface area contributed by atoms with Crippen LogP contribution in [0.5, 0.6) is 11.5 Å². The number of ketones is 2. The van der Waals surface area contributed by atoms with E-state index < -0.39 is 66.9 Å². The van der Waals surface area contributed by atoms with Crippen molar-refractivity contribution in [2.24, 2.45) is 0 Å². The summed E-state index contributed by atoms with van der Waals surface area (Å²) in [6.07, 6.45) is -3.94. The van der Waals surface area contributed by atoms with E-state index in [9.17, 15) is 38.4 Å². The number of carbonyl (C=O) groups excluding carboxylic acids is 8. The highest BCUT2D eigenvalue weighted by atomic mass is 16.6. The van der Waals surface area contributed by atoms with Crippen molar-refractivity contribution in [1.82, 2.24) is 10.6 Å². The first-order valence-corrected chi connectivity index (χ1v) is 25.6. The molecule has 2 N–H and O–H groups in total. The van der Waals surface area contributed by atoms with Crippen LogP contribution in [-0.2, 0) is 43.4 Å². The lowest BCUT2D eigenvalue weighted by Crippen LogP contribution is -2.37. The van der Waals surface area contributed by atoms with E-state index >= 15 is 0 Å². The van der Waals surface area contributed by atoms with Crippen molar-refractivity contribution in [2.45, 2.75) is 45.3 Å². The van der Waals surface area contributed by atoms with Crippen molar-refractivity contribution < 1.29 is 76.3 Å². The second-order valence-corrected chi connectivity index (χ2v) is 18.8. The molecule has 0 heterocycles. The van der Waals surface area contributed by atoms with Crippen LogP contribution in [0, 0.1) is 0 Å². The predicted molar refractivity (Wildman–Crippen MR) is 297 cm³/mol. The van der Waals surface area contributed by atoms with Gasteiger partial charge in [0.1, 0.15) is 51.1 Å². The van der Waals surface area contributed by atoms with Gasteiger partial charge in [-0.15, -0.1) is 0 Å². The van der Waals surface area contributed by atoms with Crippen LogP contribution in [-0.4, -0.2) is 113 Å². The lowest BCUT2D eigenvalue weighted by atomic mass is 9.78. The highest BCUT2D eigenvalue weighted by Gasteiger charge is 2.26. The Bertz CT molecular complexity index is 2950. The normalized spacial score (nSPS) is 11.5. The molecule has 6 aromatic rings. The Kier molecular flexibility index (Phi) is 22.2. The fourth-order valence-corrected chi connectivity index (χ4v) is 7.47. The lowest BCUT2D eigenvalue weighted by Gasteiger charge is -2.27. The molecule has 0 aromatic heterocycles. The van der Waals surface area contributed by atoms with Crippen molar-refractivity contribution in [1.29, 1.82) is 0 Å². The number of nitrogens with one attached hydrogen (secondary N) is 2. The minimum atomic E-state index is -1.09. The highest BCUT2D eigenvalue weighted by Crippen LogP contribution is 2.33. The van der Waals surface area contributed by atoms with Gasteiger partial charge in [-0.2, -0.15) is 0 Å². The van der Waals surface area contributed by atoms with Crippen LogP contribution in [0.1, 0.15) is 91.4 Å². The Morgan fingerprint density at radius 2 is 0.741 bits per heavy atom. The maximum absolute atomic E-state index is 13.1. The van der Waals surface area contributed by atoms with Gasteiger partial charge in [-0.3, -0.25) is 9.59 Å². The molecule has 0 spiro atoms. The largest absolute Gasteiger partial charge is 0.490 e. The molecule has 0 radical (unpaired) electrons. The van der Waals surface area contributed by atoms with Gasteiger partial charge in [0.15, 0.2) is 23.8 Å². The molecular formula is C63H62N2O16. The summed E-state index contributed by atoms with van der Waals surface area (Å²) < 4.78 is 44.3. The molecule has 0 saturated heterocycles. The summed E-state index contributed by atoms with van der Waals surface area (Å²) in [4.78, 5) is 101. The van der Waals surface area contributed by atoms with Crippen LogP contribution in [0.25, 0.3) is 0 Å². The Balaban J connectivity index is 1.05. The quantitative estimate of drug-likeness (QED) is 0.0153. The van der Waals surface area contributed by atoms with E-state index in [2.05, 4.69) is 23.8 Å². The molecule has 420 valence electrons. The van der Waals surface area contributed by atoms with E-state index in [1.54, 1.807) is 84.9 Å². The van der Waals surface area contributed by atoms with Crippen LogP contribution >= 0.6 is 0 Å². The number of esters is 4. The Hall–Kier alpha value is -9.84. The first-order valence-electron chi connectivity index (χ1n) is 25.6. The topological polar surface area (TPSA) is 234 Å². The van der Waals surface area contributed by atoms with Crippen molar-refractivity contribution in [3.63, 3.8) is 0 Å². The van der Waals surface area contributed by atoms with Gasteiger partial charge in [0.25, 0.3) is 0 Å². The van der Waals surface area contributed by atoms with Crippen molar-refractivity contribution in [3.8, 4) is 11.5 Å². The molecule has 0 aliphatic carbocycles. The summed E-state index contributed by atoms with van der Waals surface area (Å²) in [7, 11) is 0. The first-order chi connectivity index (χ1) is 38.9. The fraction of sp³-hybridized carbons (Fsp3) is 0.238. The van der Waals surface area contributed by atoms with Gasteiger partial charge in [0.2, 0.25) is 0 Å². The summed E-state index contributed by atoms with van der Waals surface area (Å²) in [5, 5.41) is 4.98. The molecule has 2 atom stereocenters. The maximum Gasteiger partial charge on any atom is 0.407 e. The third-order valence-electron chi connectivity index (χ3n) is 12.1. The number of benzene rings is 6. The van der Waals surface area contributed by atoms with Gasteiger partial charge in [0.05, 0.1) is 24.2 Å². The molecule has 0 fully saturated rings. The maximum atomic E-state index is 13.1. The van der Waals surface area contributed by atoms with E-state index in [1.165, 1.54) is 62.4 Å². The summed E-state index contributed by atoms with van der Waals surface area (Å²) in [6, 6.07) is 43.8. The zero-order chi connectivity index (χ0) is 58.3. The minimum Gasteiger partial charge on any atom is -0.490 e. The molecule has 0 bridgehead atoms. The SMILES string of the molecule is C=C(C)C(=O)OCCNC(=O)OC(COC(=O)c1ccc(C(=O)c2ccccc2)cc1)COc1ccc(C(C)(C)c2ccc(OCC(COC(=O)c3ccc(C(=O)c4ccccc4)cc3)OC(=O)NCCOC(=O)C(=C)C)cc2)cc1. The molecule has 0 saturated carbocycles. The number of hydrogen-bond donors (Lipinski definition) is 2. The molecular weight excluding hydrogens is 1040 g/mol. The van der Waals surface area contributed by atoms with Crippen molar-refractivity contribution in [2.75, 3.05) is 52.7 Å². The molecule has 2 amide bonds. The monoisotopic (exact) mass is 1100 g/mol. The average Bonchev–Trinajstić information content (AvgIpc) is 3.49. The minimum absolute atomic E-state index is 0.0692. The third kappa shape index (κ3) is 18.7. The average molecular weight is 1100 g/mol. The molecule has 18 heteroatoms. The number of carbonyl (C=O) groups is 8. The Morgan fingerprint density at radius 3 is 1.07 bits per heavy atom. The standard InChI is InChI=1S/C63H62N2O16/c1-41(2)57(68)74-35-33-64-61(72)80-53(39-78-59(70)47-21-17-45(18-22-47)55(66)43-13-9-7-10-14-43)37-76-51-29-25-49(26-30-51)63(5,6)50-27-31-52(32-28-50)77-38-54(81-62(73)65-34-36-75-58(69)42(3)4)40-79-60(71)48-23-19-46(20-24-48)56(67)44-15-11-8-12-16-44/h7-32,53-54H,1,3,33-40H2,2,4-6H3,(H,64,72)(H,65,73). The Morgan fingerprint density at radius 1 is 0.420 bits per heavy atom. The number of hydrogen-bond acceptors (Lipinski definition) is 16. The van der Waals surface area contributed by atoms with Crippen LogP contribution in [0.2, 0.25) is 0 Å². The summed E-state index contributed by atoms with van der Waals surface area (Å²) in [5.41, 5.74) is 3.74. The molecule has 18 nitrogen and oxygen atoms in total. The van der Waals surface area contributed by atoms with E-state index in [4.69, 9.17) is 37.9 Å². The van der Waals surface area contributed by atoms with E-state index in [-0.39, 0.29) is 73.4 Å². The van der Waals surface area contributed by atoms with Crippen LogP contribution in [0.15, 0.2) is 182 Å². The van der Waals surface area contributed by atoms with Crippen LogP contribution in [0.4, 0.5) is 9.59 Å². The van der Waals surface area contributed by atoms with E-state index in [0.717, 1.165) is 11.1 Å². The first kappa shape index (κ1) is 60.4. The molecule has 81 heavy (non-hydrogen) atoms. The van der Waals surface area contributed by atoms with Gasteiger partial charge < -0.3 is 48.5 Å². The number of amides is 2. The predicted octanol–water partition coefficient (Wildman–Crippen LogP) is 9.37. The highest BCUT2D eigenvalue weighted by molar-refractivity contribution is 6.10. The van der Waals surface area contributed by atoms with Gasteiger partial charge in [-0.05, 0) is 73.5 Å². The lowest BCUT2D eigenvalue weighted by molar-refractivity contribution is -0.139. The summed E-state index contributed by atoms with van der Waals surface area (Å²) >= 11 is 0. The Labute approximate surface area is 468 Å². The fourth-order valence-electron chi connectivity index (χ4n) is 7.47. The number of ether oxygens (including phenoxy) is 8. The van der Waals surface area contributed by atoms with Crippen LogP contribution in [0.3, 0.4) is 0 Å². The molecule has 0 aliphatic rings. The third-order valence-corrected chi connectivity index (χ3v) is 12.1. The summed E-state index contributed by atoms with van der Waals surface area (Å²) in [5.74, 6) is -2.27. The molecule has 0 aliphatic heterocycles. The van der Waals surface area contributed by atoms with Crippen molar-refractivity contribution in [3.05, 3.63) is 227 Å². The molecule has 2 unspecified atom stereocenters. The zero-order valence-electron chi connectivity index (χ0n) is 45.3. The van der Waals surface area contributed by atoms with E-state index in [0.29, 0.717) is 33.8 Å². The molecule has 6 aromatic carbocycles. The van der Waals surface area contributed by atoms with E-state index in [1.807, 2.05) is 38.1 Å². The van der Waals surface area contributed by atoms with Gasteiger partial charge >= 0.3 is 36.1 Å². The van der Waals surface area contributed by atoms with Gasteiger partial charge in [-0.25, -0.2) is 28.8 Å². The van der Waals surface area contributed by atoms with Crippen LogP contribution < -0.4 is 20.1 Å². The van der Waals surface area contributed by atoms with Gasteiger partial charge in [-0.1, -0.05) is 136 Å². The second kappa shape index (κ2) is 29.8. The summed E-state index contributed by atoms with van der Waals surface area (Å²) in [6.45, 7) is 12.4. The molecule has 6 rings (SSSR count). The number of rotatable bonds is 28. The smallest absolute Gasteiger partial charge is 0.407 e.